The third-order valence-corrected chi connectivity index (χ3v) is 9.13. The predicted octanol–water partition coefficient (Wildman–Crippen LogP) is 5.46. The van der Waals surface area contributed by atoms with Crippen molar-refractivity contribution in [3.63, 3.8) is 0 Å². The molecule has 2 amide bonds. The highest BCUT2D eigenvalue weighted by atomic mass is 32.2. The number of sulfone groups is 1. The van der Waals surface area contributed by atoms with Crippen molar-refractivity contribution < 1.29 is 50.2 Å². The Morgan fingerprint density at radius 2 is 1.46 bits per heavy atom. The van der Waals surface area contributed by atoms with Gasteiger partial charge in [-0.2, -0.15) is 13.2 Å². The molecule has 0 spiro atoms. The molecule has 2 N–H and O–H groups in total. The summed E-state index contributed by atoms with van der Waals surface area (Å²) in [5, 5.41) is 4.99. The van der Waals surface area contributed by atoms with Crippen LogP contribution in [0, 0.1) is 0 Å². The van der Waals surface area contributed by atoms with Crippen molar-refractivity contribution in [3.8, 4) is 11.1 Å². The molecule has 0 saturated carbocycles. The molecule has 0 bridgehead atoms. The van der Waals surface area contributed by atoms with Gasteiger partial charge in [0.15, 0.2) is 9.84 Å². The molecule has 0 fully saturated rings. The standard InChI is InChI=1S/C32H33F3N2O8S/c1-43-29(38)28(37-31(40)45-20-27-25-10-4-2-8-23(25)24-9-3-5-11-26(24)27)12-6-7-17-36-30(39)44-18-19-46(41,42)22-15-13-21(14-16-22)32(33,34)35/h2-5,8-11,13-16,27-28H,6-7,12,17-20H2,1H3,(H,36,39)(H,37,40)/t28-/m0/s1. The first-order valence-electron chi connectivity index (χ1n) is 14.4. The monoisotopic (exact) mass is 662 g/mol. The molecule has 14 heteroatoms. The number of hydrogen-bond donors (Lipinski definition) is 2. The summed E-state index contributed by atoms with van der Waals surface area (Å²) in [4.78, 5) is 36.6. The third-order valence-electron chi connectivity index (χ3n) is 7.44. The molecule has 0 aromatic heterocycles. The van der Waals surface area contributed by atoms with Gasteiger partial charge < -0.3 is 24.8 Å². The topological polar surface area (TPSA) is 137 Å². The highest BCUT2D eigenvalue weighted by molar-refractivity contribution is 7.91. The van der Waals surface area contributed by atoms with Crippen molar-refractivity contribution in [2.45, 2.75) is 42.3 Å². The first kappa shape index (κ1) is 34.3. The van der Waals surface area contributed by atoms with E-state index in [-0.39, 0.29) is 30.4 Å². The number of carbonyl (C=O) groups is 3. The number of alkyl halides is 3. The van der Waals surface area contributed by atoms with Crippen LogP contribution in [0.5, 0.6) is 0 Å². The fourth-order valence-electron chi connectivity index (χ4n) is 5.10. The minimum atomic E-state index is -4.59. The van der Waals surface area contributed by atoms with Crippen LogP contribution in [0.4, 0.5) is 22.8 Å². The molecule has 1 aliphatic carbocycles. The number of fused-ring (bicyclic) bond motifs is 3. The summed E-state index contributed by atoms with van der Waals surface area (Å²) < 4.78 is 77.9. The zero-order valence-electron chi connectivity index (χ0n) is 24.8. The minimum absolute atomic E-state index is 0.0748. The SMILES string of the molecule is COC(=O)[C@H](CCCCNC(=O)OCCS(=O)(=O)c1ccc(C(F)(F)F)cc1)NC(=O)OCC1c2ccccc2-c2ccccc21. The van der Waals surface area contributed by atoms with Crippen molar-refractivity contribution >= 4 is 28.0 Å². The van der Waals surface area contributed by atoms with E-state index in [9.17, 15) is 36.0 Å². The maximum Gasteiger partial charge on any atom is 0.416 e. The number of amides is 2. The number of nitrogens with one attached hydrogen (secondary N) is 2. The summed E-state index contributed by atoms with van der Waals surface area (Å²) in [6, 6.07) is 17.8. The molecule has 0 aliphatic heterocycles. The molecule has 46 heavy (non-hydrogen) atoms. The van der Waals surface area contributed by atoms with Crippen molar-refractivity contribution in [1.29, 1.82) is 0 Å². The molecule has 10 nitrogen and oxygen atoms in total. The molecular weight excluding hydrogens is 629 g/mol. The van der Waals surface area contributed by atoms with Gasteiger partial charge in [-0.15, -0.1) is 0 Å². The van der Waals surface area contributed by atoms with E-state index in [1.54, 1.807) is 0 Å². The number of carbonyl (C=O) groups excluding carboxylic acids is 3. The van der Waals surface area contributed by atoms with Gasteiger partial charge in [0.05, 0.1) is 23.3 Å². The third kappa shape index (κ3) is 8.77. The second-order valence-electron chi connectivity index (χ2n) is 10.4. The number of hydrogen-bond acceptors (Lipinski definition) is 8. The second kappa shape index (κ2) is 15.1. The van der Waals surface area contributed by atoms with E-state index in [0.29, 0.717) is 25.0 Å². The molecule has 246 valence electrons. The van der Waals surface area contributed by atoms with E-state index in [4.69, 9.17) is 14.2 Å². The summed E-state index contributed by atoms with van der Waals surface area (Å²) in [5.41, 5.74) is 3.29. The summed E-state index contributed by atoms with van der Waals surface area (Å²) in [6.07, 6.45) is -5.28. The van der Waals surface area contributed by atoms with Crippen LogP contribution in [0.2, 0.25) is 0 Å². The number of ether oxygens (including phenoxy) is 3. The molecule has 4 rings (SSSR count). The molecule has 1 aliphatic rings. The van der Waals surface area contributed by atoms with Gasteiger partial charge >= 0.3 is 24.3 Å². The van der Waals surface area contributed by atoms with Crippen LogP contribution in [0.3, 0.4) is 0 Å². The van der Waals surface area contributed by atoms with E-state index in [1.807, 2.05) is 48.5 Å². The van der Waals surface area contributed by atoms with Gasteiger partial charge in [0.1, 0.15) is 19.3 Å². The summed E-state index contributed by atoms with van der Waals surface area (Å²) in [6.45, 7) is -0.307. The number of alkyl carbamates (subject to hydrolysis) is 2. The van der Waals surface area contributed by atoms with Crippen LogP contribution in [0.25, 0.3) is 11.1 Å². The first-order chi connectivity index (χ1) is 21.9. The van der Waals surface area contributed by atoms with Crippen molar-refractivity contribution in [2.24, 2.45) is 0 Å². The lowest BCUT2D eigenvalue weighted by atomic mass is 9.98. The fourth-order valence-corrected chi connectivity index (χ4v) is 6.19. The maximum atomic E-state index is 12.7. The van der Waals surface area contributed by atoms with E-state index >= 15 is 0 Å². The van der Waals surface area contributed by atoms with Crippen LogP contribution < -0.4 is 10.6 Å². The van der Waals surface area contributed by atoms with E-state index in [1.165, 1.54) is 7.11 Å². The van der Waals surface area contributed by atoms with E-state index < -0.39 is 58.1 Å². The van der Waals surface area contributed by atoms with Gasteiger partial charge in [-0.1, -0.05) is 48.5 Å². The Balaban J connectivity index is 1.16. The molecule has 1 atom stereocenters. The summed E-state index contributed by atoms with van der Waals surface area (Å²) in [5.74, 6) is -1.42. The van der Waals surface area contributed by atoms with Gasteiger partial charge in [0, 0.05) is 12.5 Å². The van der Waals surface area contributed by atoms with Crippen LogP contribution in [-0.2, 0) is 35.0 Å². The summed E-state index contributed by atoms with van der Waals surface area (Å²) >= 11 is 0. The highest BCUT2D eigenvalue weighted by Gasteiger charge is 2.31. The average molecular weight is 663 g/mol. The van der Waals surface area contributed by atoms with Crippen molar-refractivity contribution in [1.82, 2.24) is 10.6 Å². The minimum Gasteiger partial charge on any atom is -0.467 e. The number of methoxy groups -OCH3 is 1. The quantitative estimate of drug-likeness (QED) is 0.140. The maximum absolute atomic E-state index is 12.7. The van der Waals surface area contributed by atoms with Gasteiger partial charge in [0.25, 0.3) is 0 Å². The number of rotatable bonds is 13. The first-order valence-corrected chi connectivity index (χ1v) is 16.1. The van der Waals surface area contributed by atoms with E-state index in [2.05, 4.69) is 10.6 Å². The molecule has 3 aromatic carbocycles. The largest absolute Gasteiger partial charge is 0.467 e. The lowest BCUT2D eigenvalue weighted by Gasteiger charge is -2.18. The second-order valence-corrected chi connectivity index (χ2v) is 12.6. The zero-order valence-corrected chi connectivity index (χ0v) is 25.7. The van der Waals surface area contributed by atoms with Crippen LogP contribution in [0.1, 0.15) is 41.9 Å². The number of halogens is 3. The van der Waals surface area contributed by atoms with Crippen LogP contribution >= 0.6 is 0 Å². The van der Waals surface area contributed by atoms with Crippen molar-refractivity contribution in [3.05, 3.63) is 89.5 Å². The lowest BCUT2D eigenvalue weighted by molar-refractivity contribution is -0.143. The Labute approximate surface area is 264 Å². The van der Waals surface area contributed by atoms with Crippen molar-refractivity contribution in [2.75, 3.05) is 32.6 Å². The van der Waals surface area contributed by atoms with Crippen LogP contribution in [-0.4, -0.2) is 65.2 Å². The van der Waals surface area contributed by atoms with Gasteiger partial charge in [-0.3, -0.25) is 0 Å². The Kier molecular flexibility index (Phi) is 11.3. The fraction of sp³-hybridized carbons (Fsp3) is 0.344. The predicted molar refractivity (Wildman–Crippen MR) is 161 cm³/mol. The van der Waals surface area contributed by atoms with Gasteiger partial charge in [-0.25, -0.2) is 22.8 Å². The molecule has 0 unspecified atom stereocenters. The molecule has 0 radical (unpaired) electrons. The Bertz CT molecular complexity index is 1600. The highest BCUT2D eigenvalue weighted by Crippen LogP contribution is 2.44. The number of unbranched alkanes of at least 4 members (excludes halogenated alkanes) is 1. The smallest absolute Gasteiger partial charge is 0.416 e. The van der Waals surface area contributed by atoms with Gasteiger partial charge in [-0.05, 0) is 65.8 Å². The zero-order chi connectivity index (χ0) is 33.3. The van der Waals surface area contributed by atoms with E-state index in [0.717, 1.165) is 34.4 Å². The Morgan fingerprint density at radius 3 is 2.04 bits per heavy atom. The number of benzene rings is 3. The molecular formula is C32H33F3N2O8S. The molecule has 0 heterocycles. The lowest BCUT2D eigenvalue weighted by Crippen LogP contribution is -2.42. The number of esters is 1. The van der Waals surface area contributed by atoms with Gasteiger partial charge in [0.2, 0.25) is 0 Å². The average Bonchev–Trinajstić information content (AvgIpc) is 3.35. The summed E-state index contributed by atoms with van der Waals surface area (Å²) in [7, 11) is -2.78. The molecule has 0 saturated heterocycles. The Morgan fingerprint density at radius 1 is 0.848 bits per heavy atom. The molecule has 3 aromatic rings. The van der Waals surface area contributed by atoms with Crippen LogP contribution in [0.15, 0.2) is 77.7 Å². The normalized spacial score (nSPS) is 13.2. The Hall–Kier alpha value is -4.59.